The van der Waals surface area contributed by atoms with Gasteiger partial charge in [0.2, 0.25) is 5.95 Å². The van der Waals surface area contributed by atoms with E-state index in [-0.39, 0.29) is 11.9 Å². The van der Waals surface area contributed by atoms with E-state index in [1.54, 1.807) is 18.5 Å². The van der Waals surface area contributed by atoms with Gasteiger partial charge in [-0.25, -0.2) is 15.0 Å². The molecule has 0 spiro atoms. The monoisotopic (exact) mass is 358 g/mol. The predicted octanol–water partition coefficient (Wildman–Crippen LogP) is 4.14. The third-order valence-electron chi connectivity index (χ3n) is 4.23. The first kappa shape index (κ1) is 18.4. The highest BCUT2D eigenvalue weighted by molar-refractivity contribution is 5.44. The summed E-state index contributed by atoms with van der Waals surface area (Å²) in [6.07, 6.45) is 10.4. The van der Waals surface area contributed by atoms with E-state index in [0.29, 0.717) is 23.6 Å². The molecule has 1 aromatic carbocycles. The van der Waals surface area contributed by atoms with Gasteiger partial charge >= 0.3 is 0 Å². The lowest BCUT2D eigenvalue weighted by atomic mass is 10.0. The van der Waals surface area contributed by atoms with Gasteiger partial charge < -0.3 is 10.5 Å². The number of pyridine rings is 1. The van der Waals surface area contributed by atoms with Gasteiger partial charge in [0.1, 0.15) is 11.4 Å². The van der Waals surface area contributed by atoms with Crippen LogP contribution in [-0.4, -0.2) is 15.0 Å². The summed E-state index contributed by atoms with van der Waals surface area (Å²) < 4.78 is 6.17. The van der Waals surface area contributed by atoms with Crippen LogP contribution in [0.5, 0.6) is 11.5 Å². The number of anilines is 1. The molecule has 2 N–H and O–H groups in total. The third-order valence-corrected chi connectivity index (χ3v) is 4.23. The van der Waals surface area contributed by atoms with E-state index < -0.39 is 0 Å². The summed E-state index contributed by atoms with van der Waals surface area (Å²) in [4.78, 5) is 12.7. The Morgan fingerprint density at radius 3 is 2.56 bits per heavy atom. The number of rotatable bonds is 6. The minimum atomic E-state index is 0.230. The molecule has 2 aromatic heterocycles. The molecule has 3 rings (SSSR count). The summed E-state index contributed by atoms with van der Waals surface area (Å²) in [6.45, 7) is 4.16. The topological polar surface area (TPSA) is 73.9 Å². The van der Waals surface area contributed by atoms with Crippen molar-refractivity contribution in [1.29, 1.82) is 0 Å². The number of terminal acetylenes is 1. The number of hydrogen-bond acceptors (Lipinski definition) is 5. The van der Waals surface area contributed by atoms with Crippen LogP contribution in [0.3, 0.4) is 0 Å². The van der Waals surface area contributed by atoms with Crippen molar-refractivity contribution in [2.75, 3.05) is 5.73 Å². The zero-order valence-electron chi connectivity index (χ0n) is 15.5. The number of benzene rings is 1. The molecule has 0 amide bonds. The summed E-state index contributed by atoms with van der Waals surface area (Å²) in [6, 6.07) is 12.0. The van der Waals surface area contributed by atoms with E-state index in [9.17, 15) is 0 Å². The van der Waals surface area contributed by atoms with Gasteiger partial charge in [0.15, 0.2) is 5.75 Å². The van der Waals surface area contributed by atoms with E-state index in [1.165, 1.54) is 5.56 Å². The van der Waals surface area contributed by atoms with Crippen LogP contribution in [0.25, 0.3) is 0 Å². The second-order valence-electron chi connectivity index (χ2n) is 6.53. The molecule has 0 fully saturated rings. The number of aryl methyl sites for hydroxylation is 2. The summed E-state index contributed by atoms with van der Waals surface area (Å²) >= 11 is 0. The molecule has 136 valence electrons. The lowest BCUT2D eigenvalue weighted by molar-refractivity contribution is 0.459. The minimum Gasteiger partial charge on any atom is -0.453 e. The lowest BCUT2D eigenvalue weighted by Crippen LogP contribution is -2.05. The first-order valence-corrected chi connectivity index (χ1v) is 8.86. The predicted molar refractivity (Wildman–Crippen MR) is 107 cm³/mol. The van der Waals surface area contributed by atoms with E-state index >= 15 is 0 Å². The number of aromatic nitrogens is 3. The van der Waals surface area contributed by atoms with Gasteiger partial charge in [0.25, 0.3) is 0 Å². The SMILES string of the molecule is C#Cc1cc(Oc2cnc(N)nc2CCc2ccccc2)c(C(C)C)cn1. The maximum absolute atomic E-state index is 6.17. The average Bonchev–Trinajstić information content (AvgIpc) is 2.68. The molecule has 0 atom stereocenters. The molecule has 0 unspecified atom stereocenters. The van der Waals surface area contributed by atoms with E-state index in [0.717, 1.165) is 17.7 Å². The Labute approximate surface area is 159 Å². The number of nitrogens with two attached hydrogens (primary N) is 1. The molecule has 2 heterocycles. The van der Waals surface area contributed by atoms with Gasteiger partial charge in [-0.05, 0) is 24.3 Å². The Morgan fingerprint density at radius 1 is 1.07 bits per heavy atom. The fraction of sp³-hybridized carbons (Fsp3) is 0.227. The molecular formula is C22H22N4O. The van der Waals surface area contributed by atoms with Gasteiger partial charge in [0, 0.05) is 17.8 Å². The molecule has 0 bridgehead atoms. The van der Waals surface area contributed by atoms with Crippen LogP contribution in [0.2, 0.25) is 0 Å². The van der Waals surface area contributed by atoms with Gasteiger partial charge in [-0.1, -0.05) is 50.1 Å². The molecule has 5 nitrogen and oxygen atoms in total. The van der Waals surface area contributed by atoms with Crippen molar-refractivity contribution >= 4 is 5.95 Å². The number of nitrogens with zero attached hydrogens (tertiary/aromatic N) is 3. The van der Waals surface area contributed by atoms with Crippen LogP contribution in [0, 0.1) is 12.3 Å². The molecule has 27 heavy (non-hydrogen) atoms. The molecule has 0 saturated heterocycles. The Morgan fingerprint density at radius 2 is 1.85 bits per heavy atom. The Kier molecular flexibility index (Phi) is 5.68. The van der Waals surface area contributed by atoms with Crippen LogP contribution in [-0.2, 0) is 12.8 Å². The first-order valence-electron chi connectivity index (χ1n) is 8.86. The summed E-state index contributed by atoms with van der Waals surface area (Å²) in [5.74, 6) is 4.26. The summed E-state index contributed by atoms with van der Waals surface area (Å²) in [5, 5.41) is 0. The zero-order valence-corrected chi connectivity index (χ0v) is 15.5. The lowest BCUT2D eigenvalue weighted by Gasteiger charge is -2.15. The number of nitrogen functional groups attached to an aromatic ring is 1. The third kappa shape index (κ3) is 4.62. The quantitative estimate of drug-likeness (QED) is 0.671. The molecule has 3 aromatic rings. The average molecular weight is 358 g/mol. The second kappa shape index (κ2) is 8.33. The maximum atomic E-state index is 6.17. The fourth-order valence-electron chi connectivity index (χ4n) is 2.76. The van der Waals surface area contributed by atoms with Gasteiger partial charge in [0.05, 0.1) is 11.9 Å². The highest BCUT2D eigenvalue weighted by Gasteiger charge is 2.14. The highest BCUT2D eigenvalue weighted by Crippen LogP contribution is 2.32. The Balaban J connectivity index is 1.90. The maximum Gasteiger partial charge on any atom is 0.220 e. The normalized spacial score (nSPS) is 10.6. The van der Waals surface area contributed by atoms with Gasteiger partial charge in [-0.15, -0.1) is 6.42 Å². The van der Waals surface area contributed by atoms with Crippen molar-refractivity contribution in [3.8, 4) is 23.8 Å². The smallest absolute Gasteiger partial charge is 0.220 e. The van der Waals surface area contributed by atoms with Crippen LogP contribution in [0.1, 0.15) is 42.3 Å². The van der Waals surface area contributed by atoms with Gasteiger partial charge in [-0.2, -0.15) is 0 Å². The van der Waals surface area contributed by atoms with Crippen molar-refractivity contribution in [2.45, 2.75) is 32.6 Å². The van der Waals surface area contributed by atoms with Crippen molar-refractivity contribution in [3.63, 3.8) is 0 Å². The van der Waals surface area contributed by atoms with Crippen molar-refractivity contribution in [3.05, 3.63) is 71.3 Å². The zero-order chi connectivity index (χ0) is 19.2. The van der Waals surface area contributed by atoms with Gasteiger partial charge in [-0.3, -0.25) is 0 Å². The fourth-order valence-corrected chi connectivity index (χ4v) is 2.76. The van der Waals surface area contributed by atoms with E-state index in [2.05, 4.69) is 46.9 Å². The minimum absolute atomic E-state index is 0.230. The van der Waals surface area contributed by atoms with Crippen LogP contribution in [0.4, 0.5) is 5.95 Å². The first-order chi connectivity index (χ1) is 13.1. The molecule has 0 aliphatic rings. The molecule has 0 aliphatic carbocycles. The molecular weight excluding hydrogens is 336 g/mol. The largest absolute Gasteiger partial charge is 0.453 e. The number of hydrogen-bond donors (Lipinski definition) is 1. The highest BCUT2D eigenvalue weighted by atomic mass is 16.5. The number of ether oxygens (including phenoxy) is 1. The van der Waals surface area contributed by atoms with E-state index in [4.69, 9.17) is 16.9 Å². The van der Waals surface area contributed by atoms with Crippen molar-refractivity contribution in [2.24, 2.45) is 0 Å². The summed E-state index contributed by atoms with van der Waals surface area (Å²) in [7, 11) is 0. The second-order valence-corrected chi connectivity index (χ2v) is 6.53. The Bertz CT molecular complexity index is 962. The van der Waals surface area contributed by atoms with E-state index in [1.807, 2.05) is 18.2 Å². The van der Waals surface area contributed by atoms with Crippen LogP contribution >= 0.6 is 0 Å². The molecule has 0 aliphatic heterocycles. The molecule has 5 heteroatoms. The Hall–Kier alpha value is -3.39. The van der Waals surface area contributed by atoms with Crippen LogP contribution in [0.15, 0.2) is 48.8 Å². The molecule has 0 radical (unpaired) electrons. The standard InChI is InChI=1S/C22H22N4O/c1-4-17-12-20(18(13-24-17)15(2)3)27-21-14-25-22(23)26-19(21)11-10-16-8-6-5-7-9-16/h1,5-9,12-15H,10-11H2,2-3H3,(H2,23,25,26). The van der Waals surface area contributed by atoms with Crippen LogP contribution < -0.4 is 10.5 Å². The van der Waals surface area contributed by atoms with Crippen molar-refractivity contribution < 1.29 is 4.74 Å². The van der Waals surface area contributed by atoms with Crippen molar-refractivity contribution in [1.82, 2.24) is 15.0 Å². The molecule has 0 saturated carbocycles. The summed E-state index contributed by atoms with van der Waals surface area (Å²) in [5.41, 5.74) is 9.28.